The molecule has 0 heterocycles. The number of ether oxygens (including phenoxy) is 1. The van der Waals surface area contributed by atoms with Gasteiger partial charge in [-0.15, -0.1) is 0 Å². The van der Waals surface area contributed by atoms with Crippen LogP contribution in [0.4, 0.5) is 26.3 Å². The van der Waals surface area contributed by atoms with Crippen molar-refractivity contribution in [3.05, 3.63) is 0 Å². The van der Waals surface area contributed by atoms with Gasteiger partial charge in [-0.05, 0) is 17.6 Å². The van der Waals surface area contributed by atoms with Crippen molar-refractivity contribution in [2.45, 2.75) is 32.3 Å². The van der Waals surface area contributed by atoms with Crippen LogP contribution in [0.5, 0.6) is 0 Å². The van der Waals surface area contributed by atoms with E-state index >= 15 is 0 Å². The molecule has 0 rings (SSSR count). The summed E-state index contributed by atoms with van der Waals surface area (Å²) in [6.07, 6.45) is -14.6. The first-order valence-corrected chi connectivity index (χ1v) is 5.49. The highest BCUT2D eigenvalue weighted by Crippen LogP contribution is 2.36. The molecule has 0 radical (unpaired) electrons. The first kappa shape index (κ1) is 16.9. The van der Waals surface area contributed by atoms with Gasteiger partial charge in [0, 0.05) is 0 Å². The highest BCUT2D eigenvalue weighted by molar-refractivity contribution is 7.80. The largest absolute Gasteiger partial charge is 0.423 e. The summed E-state index contributed by atoms with van der Waals surface area (Å²) < 4.78 is 76.6. The minimum atomic E-state index is -5.45. The van der Waals surface area contributed by atoms with Gasteiger partial charge < -0.3 is 4.74 Å². The van der Waals surface area contributed by atoms with Crippen LogP contribution in [-0.2, 0) is 4.74 Å². The van der Waals surface area contributed by atoms with E-state index in [0.29, 0.717) is 0 Å². The molecule has 0 fully saturated rings. The minimum absolute atomic E-state index is 0.102. The van der Waals surface area contributed by atoms with E-state index in [1.165, 1.54) is 0 Å². The van der Waals surface area contributed by atoms with Gasteiger partial charge in [0.25, 0.3) is 0 Å². The van der Waals surface area contributed by atoms with Crippen molar-refractivity contribution in [1.29, 1.82) is 0 Å². The predicted molar refractivity (Wildman–Crippen MR) is 54.0 cm³/mol. The van der Waals surface area contributed by atoms with E-state index in [0.717, 1.165) is 0 Å². The molecule has 0 aromatic carbocycles. The molecule has 0 bridgehead atoms. The van der Waals surface area contributed by atoms with Gasteiger partial charge in [0.15, 0.2) is 0 Å². The van der Waals surface area contributed by atoms with Crippen molar-refractivity contribution in [3.63, 3.8) is 0 Å². The van der Waals surface area contributed by atoms with Crippen molar-refractivity contribution < 1.29 is 31.1 Å². The molecule has 0 saturated heterocycles. The highest BCUT2D eigenvalue weighted by atomic mass is 32.1. The van der Waals surface area contributed by atoms with Crippen molar-refractivity contribution >= 4 is 12.6 Å². The van der Waals surface area contributed by atoms with Crippen LogP contribution in [-0.4, -0.2) is 30.8 Å². The van der Waals surface area contributed by atoms with E-state index in [2.05, 4.69) is 17.4 Å². The van der Waals surface area contributed by atoms with Gasteiger partial charge in [-0.2, -0.15) is 39.0 Å². The average Bonchev–Trinajstić information content (AvgIpc) is 2.07. The first-order valence-electron chi connectivity index (χ1n) is 4.86. The zero-order valence-corrected chi connectivity index (χ0v) is 10.2. The number of thiol groups is 1. The van der Waals surface area contributed by atoms with Crippen LogP contribution in [0.1, 0.15) is 13.8 Å². The number of hydrogen-bond acceptors (Lipinski definition) is 2. The van der Waals surface area contributed by atoms with Crippen LogP contribution < -0.4 is 0 Å². The lowest BCUT2D eigenvalue weighted by molar-refractivity contribution is -0.323. The molecule has 0 amide bonds. The maximum absolute atomic E-state index is 12.1. The monoisotopic (exact) mass is 284 g/mol. The Hall–Kier alpha value is -0.110. The fourth-order valence-corrected chi connectivity index (χ4v) is 1.58. The molecular formula is C9H14F6OS. The van der Waals surface area contributed by atoms with Gasteiger partial charge in [0.2, 0.25) is 6.10 Å². The molecule has 17 heavy (non-hydrogen) atoms. The summed E-state index contributed by atoms with van der Waals surface area (Å²) in [4.78, 5) is 0. The lowest BCUT2D eigenvalue weighted by Crippen LogP contribution is -2.45. The molecule has 0 saturated carbocycles. The fraction of sp³-hybridized carbons (Fsp3) is 1.00. The molecule has 0 aliphatic rings. The number of alkyl halides is 6. The third-order valence-electron chi connectivity index (χ3n) is 2.25. The molecule has 1 atom stereocenters. The third kappa shape index (κ3) is 5.85. The quantitative estimate of drug-likeness (QED) is 0.598. The normalized spacial score (nSPS) is 15.7. The second-order valence-corrected chi connectivity index (χ2v) is 4.35. The van der Waals surface area contributed by atoms with E-state index in [4.69, 9.17) is 0 Å². The average molecular weight is 284 g/mol. The van der Waals surface area contributed by atoms with Gasteiger partial charge >= 0.3 is 12.4 Å². The highest BCUT2D eigenvalue weighted by Gasteiger charge is 2.58. The van der Waals surface area contributed by atoms with Crippen LogP contribution in [0.15, 0.2) is 0 Å². The van der Waals surface area contributed by atoms with Crippen LogP contribution >= 0.6 is 12.6 Å². The third-order valence-corrected chi connectivity index (χ3v) is 2.72. The Kier molecular flexibility index (Phi) is 6.13. The summed E-state index contributed by atoms with van der Waals surface area (Å²) in [5.74, 6) is -0.389. The summed E-state index contributed by atoms with van der Waals surface area (Å²) in [7, 11) is 0. The lowest BCUT2D eigenvalue weighted by atomic mass is 9.99. The lowest BCUT2D eigenvalue weighted by Gasteiger charge is -2.26. The molecule has 0 N–H and O–H groups in total. The summed E-state index contributed by atoms with van der Waals surface area (Å²) in [5.41, 5.74) is 0. The van der Waals surface area contributed by atoms with Crippen molar-refractivity contribution in [3.8, 4) is 0 Å². The molecule has 1 nitrogen and oxygen atoms in total. The molecule has 0 aromatic heterocycles. The Balaban J connectivity index is 4.58. The Morgan fingerprint density at radius 3 is 1.65 bits per heavy atom. The Morgan fingerprint density at radius 2 is 1.41 bits per heavy atom. The molecule has 0 aliphatic carbocycles. The summed E-state index contributed by atoms with van der Waals surface area (Å²) in [6.45, 7) is 2.74. The maximum Gasteiger partial charge on any atom is 0.423 e. The van der Waals surface area contributed by atoms with E-state index in [9.17, 15) is 26.3 Å². The Bertz CT molecular complexity index is 211. The molecule has 0 spiro atoms. The van der Waals surface area contributed by atoms with Crippen LogP contribution in [0.25, 0.3) is 0 Å². The number of hydrogen-bond donors (Lipinski definition) is 1. The van der Waals surface area contributed by atoms with Gasteiger partial charge in [-0.1, -0.05) is 13.8 Å². The van der Waals surface area contributed by atoms with Gasteiger partial charge in [0.05, 0.1) is 6.61 Å². The van der Waals surface area contributed by atoms with E-state index in [1.54, 1.807) is 13.8 Å². The standard InChI is InChI=1S/C9H14F6OS/c1-5(2)6(4-17)3-16-7(8(10,11)12)9(13,14)15/h5-7,17H,3-4H2,1-2H3. The number of halogens is 6. The van der Waals surface area contributed by atoms with Gasteiger partial charge in [0.1, 0.15) is 0 Å². The zero-order valence-electron chi connectivity index (χ0n) is 9.27. The molecule has 1 unspecified atom stereocenters. The SMILES string of the molecule is CC(C)C(CS)COC(C(F)(F)F)C(F)(F)F. The first-order chi connectivity index (χ1) is 7.50. The van der Waals surface area contributed by atoms with Gasteiger partial charge in [-0.25, -0.2) is 0 Å². The molecule has 0 aliphatic heterocycles. The van der Waals surface area contributed by atoms with E-state index in [1.807, 2.05) is 0 Å². The fourth-order valence-electron chi connectivity index (χ4n) is 1.05. The van der Waals surface area contributed by atoms with Crippen LogP contribution in [0.3, 0.4) is 0 Å². The summed E-state index contributed by atoms with van der Waals surface area (Å²) >= 11 is 3.86. The molecule has 0 aromatic rings. The van der Waals surface area contributed by atoms with Gasteiger partial charge in [-0.3, -0.25) is 0 Å². The number of rotatable bonds is 5. The second-order valence-electron chi connectivity index (χ2n) is 3.98. The summed E-state index contributed by atoms with van der Waals surface area (Å²) in [6, 6.07) is 0. The van der Waals surface area contributed by atoms with Crippen molar-refractivity contribution in [1.82, 2.24) is 0 Å². The van der Waals surface area contributed by atoms with Crippen molar-refractivity contribution in [2.24, 2.45) is 11.8 Å². The van der Waals surface area contributed by atoms with E-state index < -0.39 is 31.0 Å². The van der Waals surface area contributed by atoms with Crippen LogP contribution in [0.2, 0.25) is 0 Å². The maximum atomic E-state index is 12.1. The summed E-state index contributed by atoms with van der Waals surface area (Å²) in [5, 5.41) is 0. The van der Waals surface area contributed by atoms with Crippen molar-refractivity contribution in [2.75, 3.05) is 12.4 Å². The Morgan fingerprint density at radius 1 is 1.00 bits per heavy atom. The zero-order chi connectivity index (χ0) is 13.9. The molecular weight excluding hydrogens is 270 g/mol. The molecule has 8 heteroatoms. The minimum Gasteiger partial charge on any atom is -0.361 e. The van der Waals surface area contributed by atoms with E-state index in [-0.39, 0.29) is 11.7 Å². The molecule has 104 valence electrons. The Labute approximate surface area is 101 Å². The predicted octanol–water partition coefficient (Wildman–Crippen LogP) is 3.70. The second kappa shape index (κ2) is 6.17. The smallest absolute Gasteiger partial charge is 0.361 e. The topological polar surface area (TPSA) is 9.23 Å². The van der Waals surface area contributed by atoms with Crippen LogP contribution in [0, 0.1) is 11.8 Å².